The van der Waals surface area contributed by atoms with Gasteiger partial charge in [-0.05, 0) is 48.6 Å². The summed E-state index contributed by atoms with van der Waals surface area (Å²) in [6.07, 6.45) is 0. The molecule has 1 aromatic heterocycles. The molecule has 0 unspecified atom stereocenters. The molecule has 2 aromatic carbocycles. The minimum absolute atomic E-state index is 0.139. The summed E-state index contributed by atoms with van der Waals surface area (Å²) >= 11 is 5.16. The molecule has 1 aliphatic rings. The molecule has 126 valence electrons. The van der Waals surface area contributed by atoms with E-state index in [0.717, 1.165) is 0 Å². The molecule has 0 bridgehead atoms. The molecule has 0 saturated carbocycles. The first-order valence-electron chi connectivity index (χ1n) is 7.32. The quantitative estimate of drug-likeness (QED) is 0.521. The van der Waals surface area contributed by atoms with Crippen LogP contribution in [0.15, 0.2) is 41.2 Å². The van der Waals surface area contributed by atoms with Crippen molar-refractivity contribution in [3.05, 3.63) is 52.4 Å². The summed E-state index contributed by atoms with van der Waals surface area (Å²) in [5, 5.41) is 5.64. The normalized spacial score (nSPS) is 12.2. The third kappa shape index (κ3) is 3.04. The van der Waals surface area contributed by atoms with E-state index in [0.29, 0.717) is 33.8 Å². The number of aromatic nitrogens is 2. The van der Waals surface area contributed by atoms with E-state index in [9.17, 15) is 9.59 Å². The second-order valence-corrected chi connectivity index (χ2v) is 5.72. The molecule has 3 aromatic rings. The summed E-state index contributed by atoms with van der Waals surface area (Å²) in [5.74, 6) is 0.756. The summed E-state index contributed by atoms with van der Waals surface area (Å²) in [6, 6.07) is 10.1. The Kier molecular flexibility index (Phi) is 3.62. The maximum Gasteiger partial charge on any atom is 0.323 e. The number of fused-ring (bicyclic) bond motifs is 2. The van der Waals surface area contributed by atoms with Crippen molar-refractivity contribution in [2.45, 2.75) is 0 Å². The molecule has 0 atom stereocenters. The first-order valence-corrected chi connectivity index (χ1v) is 7.73. The van der Waals surface area contributed by atoms with Gasteiger partial charge in [0, 0.05) is 11.3 Å². The highest BCUT2D eigenvalue weighted by Gasteiger charge is 2.16. The van der Waals surface area contributed by atoms with Gasteiger partial charge >= 0.3 is 5.69 Å². The number of amides is 1. The van der Waals surface area contributed by atoms with Gasteiger partial charge in [0.2, 0.25) is 6.79 Å². The maximum atomic E-state index is 12.3. The van der Waals surface area contributed by atoms with Gasteiger partial charge in [0.1, 0.15) is 0 Å². The Hall–Kier alpha value is -3.33. The number of carbonyl (C=O) groups is 1. The molecule has 0 radical (unpaired) electrons. The number of hydrogen-bond acceptors (Lipinski definition) is 5. The average Bonchev–Trinajstić information content (AvgIpc) is 3.18. The molecule has 2 heterocycles. The van der Waals surface area contributed by atoms with E-state index in [4.69, 9.17) is 21.7 Å². The van der Waals surface area contributed by atoms with E-state index in [1.807, 2.05) is 0 Å². The van der Waals surface area contributed by atoms with Crippen LogP contribution in [-0.4, -0.2) is 27.8 Å². The van der Waals surface area contributed by atoms with Crippen molar-refractivity contribution < 1.29 is 14.3 Å². The van der Waals surface area contributed by atoms with Gasteiger partial charge in [-0.25, -0.2) is 4.79 Å². The van der Waals surface area contributed by atoms with E-state index >= 15 is 0 Å². The monoisotopic (exact) mass is 356 g/mol. The van der Waals surface area contributed by atoms with Crippen LogP contribution in [0.5, 0.6) is 11.5 Å². The van der Waals surface area contributed by atoms with E-state index in [1.54, 1.807) is 36.4 Å². The van der Waals surface area contributed by atoms with Crippen molar-refractivity contribution in [2.75, 3.05) is 12.1 Å². The Morgan fingerprint density at radius 2 is 1.84 bits per heavy atom. The molecule has 1 aliphatic heterocycles. The van der Waals surface area contributed by atoms with E-state index in [1.165, 1.54) is 0 Å². The van der Waals surface area contributed by atoms with Gasteiger partial charge in [0.15, 0.2) is 16.6 Å². The topological polar surface area (TPSA) is 108 Å². The first kappa shape index (κ1) is 15.2. The number of imidazole rings is 1. The van der Waals surface area contributed by atoms with Crippen molar-refractivity contribution >= 4 is 40.0 Å². The molecule has 4 N–H and O–H groups in total. The molecule has 1 amide bonds. The van der Waals surface area contributed by atoms with Gasteiger partial charge in [0.25, 0.3) is 5.91 Å². The predicted molar refractivity (Wildman–Crippen MR) is 95.2 cm³/mol. The van der Waals surface area contributed by atoms with E-state index < -0.39 is 0 Å². The molecule has 25 heavy (non-hydrogen) atoms. The molecule has 4 rings (SSSR count). The van der Waals surface area contributed by atoms with Crippen LogP contribution in [0.3, 0.4) is 0 Å². The van der Waals surface area contributed by atoms with Crippen LogP contribution in [0.4, 0.5) is 5.69 Å². The van der Waals surface area contributed by atoms with Gasteiger partial charge in [0.05, 0.1) is 11.0 Å². The highest BCUT2D eigenvalue weighted by Crippen LogP contribution is 2.32. The Labute approximate surface area is 146 Å². The van der Waals surface area contributed by atoms with Crippen LogP contribution < -0.4 is 25.8 Å². The van der Waals surface area contributed by atoms with Gasteiger partial charge in [-0.1, -0.05) is 0 Å². The zero-order chi connectivity index (χ0) is 17.4. The van der Waals surface area contributed by atoms with Crippen molar-refractivity contribution in [3.8, 4) is 11.5 Å². The molecular weight excluding hydrogens is 344 g/mol. The average molecular weight is 356 g/mol. The SMILES string of the molecule is O=C(NC(=S)Nc1ccc2[nH]c(=O)[nH]c2c1)c1ccc2c(c1)OCO2. The number of H-pyrrole nitrogens is 2. The van der Waals surface area contributed by atoms with Gasteiger partial charge in [-0.2, -0.15) is 0 Å². The minimum Gasteiger partial charge on any atom is -0.454 e. The number of hydrogen-bond donors (Lipinski definition) is 4. The van der Waals surface area contributed by atoms with Crippen molar-refractivity contribution in [1.82, 2.24) is 15.3 Å². The van der Waals surface area contributed by atoms with Crippen LogP contribution in [0.2, 0.25) is 0 Å². The largest absolute Gasteiger partial charge is 0.454 e. The van der Waals surface area contributed by atoms with Crippen LogP contribution in [0.1, 0.15) is 10.4 Å². The molecular formula is C16H12N4O4S. The standard InChI is InChI=1S/C16H12N4O4S/c21-14(8-1-4-12-13(5-8)24-7-23-12)20-16(25)17-9-2-3-10-11(6-9)19-15(22)18-10/h1-6H,7H2,(H2,18,19,22)(H2,17,20,21,25). The highest BCUT2D eigenvalue weighted by molar-refractivity contribution is 7.80. The zero-order valence-corrected chi connectivity index (χ0v) is 13.5. The number of carbonyl (C=O) groups excluding carboxylic acids is 1. The van der Waals surface area contributed by atoms with Crippen molar-refractivity contribution in [3.63, 3.8) is 0 Å². The number of benzene rings is 2. The lowest BCUT2D eigenvalue weighted by Gasteiger charge is -2.10. The lowest BCUT2D eigenvalue weighted by Crippen LogP contribution is -2.34. The van der Waals surface area contributed by atoms with E-state index in [2.05, 4.69) is 20.6 Å². The van der Waals surface area contributed by atoms with Crippen LogP contribution >= 0.6 is 12.2 Å². The van der Waals surface area contributed by atoms with Gasteiger partial charge in [-0.15, -0.1) is 0 Å². The molecule has 0 spiro atoms. The summed E-state index contributed by atoms with van der Waals surface area (Å²) < 4.78 is 10.5. The fourth-order valence-corrected chi connectivity index (χ4v) is 2.70. The molecule has 8 nitrogen and oxygen atoms in total. The molecule has 0 saturated heterocycles. The van der Waals surface area contributed by atoms with Gasteiger partial charge in [-0.3, -0.25) is 10.1 Å². The summed E-state index contributed by atoms with van der Waals surface area (Å²) in [4.78, 5) is 28.9. The fourth-order valence-electron chi connectivity index (χ4n) is 2.49. The lowest BCUT2D eigenvalue weighted by atomic mass is 10.2. The Morgan fingerprint density at radius 1 is 1.04 bits per heavy atom. The minimum atomic E-state index is -0.369. The van der Waals surface area contributed by atoms with Gasteiger partial charge < -0.3 is 24.8 Å². The summed E-state index contributed by atoms with van der Waals surface area (Å²) in [7, 11) is 0. The summed E-state index contributed by atoms with van der Waals surface area (Å²) in [5.41, 5.74) is 2.08. The van der Waals surface area contributed by atoms with Crippen LogP contribution in [0, 0.1) is 0 Å². The van der Waals surface area contributed by atoms with Crippen LogP contribution in [0.25, 0.3) is 11.0 Å². The number of rotatable bonds is 2. The van der Waals surface area contributed by atoms with E-state index in [-0.39, 0.29) is 23.5 Å². The van der Waals surface area contributed by atoms with Crippen molar-refractivity contribution in [2.24, 2.45) is 0 Å². The third-order valence-corrected chi connectivity index (χ3v) is 3.84. The Balaban J connectivity index is 1.45. The number of thiocarbonyl (C=S) groups is 1. The number of nitrogens with one attached hydrogen (secondary N) is 4. The third-order valence-electron chi connectivity index (χ3n) is 3.64. The number of ether oxygens (including phenoxy) is 2. The van der Waals surface area contributed by atoms with Crippen molar-refractivity contribution in [1.29, 1.82) is 0 Å². The number of anilines is 1. The molecule has 9 heteroatoms. The first-order chi connectivity index (χ1) is 12.1. The molecule has 0 fully saturated rings. The molecule has 0 aliphatic carbocycles. The Bertz CT molecular complexity index is 1060. The second-order valence-electron chi connectivity index (χ2n) is 5.32. The fraction of sp³-hybridized carbons (Fsp3) is 0.0625. The highest BCUT2D eigenvalue weighted by atomic mass is 32.1. The zero-order valence-electron chi connectivity index (χ0n) is 12.7. The lowest BCUT2D eigenvalue weighted by molar-refractivity contribution is 0.0977. The number of aromatic amines is 2. The maximum absolute atomic E-state index is 12.3. The summed E-state index contributed by atoms with van der Waals surface area (Å²) in [6.45, 7) is 0.143. The second kappa shape index (κ2) is 5.95. The smallest absolute Gasteiger partial charge is 0.323 e. The van der Waals surface area contributed by atoms with Crippen LogP contribution in [-0.2, 0) is 0 Å². The predicted octanol–water partition coefficient (Wildman–Crippen LogP) is 1.71. The Morgan fingerprint density at radius 3 is 2.72 bits per heavy atom.